The van der Waals surface area contributed by atoms with E-state index < -0.39 is 0 Å². The third kappa shape index (κ3) is 8.06. The zero-order valence-corrected chi connectivity index (χ0v) is 38.5. The third-order valence-electron chi connectivity index (χ3n) is 13.2. The highest BCUT2D eigenvalue weighted by Crippen LogP contribution is 2.41. The van der Waals surface area contributed by atoms with Crippen molar-refractivity contribution >= 4 is 32.3 Å². The Kier molecular flexibility index (Phi) is 10.6. The highest BCUT2D eigenvalue weighted by Gasteiger charge is 2.15. The number of nitrogens with zero attached hydrogens (tertiary/aromatic N) is 9. The molecular weight excluding hydrogens is 883 g/mol. The molecule has 0 bridgehead atoms. The van der Waals surface area contributed by atoms with Gasteiger partial charge in [0.25, 0.3) is 0 Å². The number of rotatable bonds is 9. The predicted octanol–water partition coefficient (Wildman–Crippen LogP) is 14.7. The largest absolute Gasteiger partial charge is 0.256 e. The molecule has 0 saturated carbocycles. The van der Waals surface area contributed by atoms with Crippen molar-refractivity contribution in [1.82, 2.24) is 44.9 Å². The molecule has 0 fully saturated rings. The van der Waals surface area contributed by atoms with Crippen LogP contribution in [0.4, 0.5) is 0 Å². The molecule has 0 saturated heterocycles. The van der Waals surface area contributed by atoms with Crippen molar-refractivity contribution in [3.05, 3.63) is 238 Å². The van der Waals surface area contributed by atoms with Crippen molar-refractivity contribution in [2.45, 2.75) is 0 Å². The topological polar surface area (TPSA) is 116 Å². The van der Waals surface area contributed by atoms with Crippen LogP contribution in [0.25, 0.3) is 134 Å². The van der Waals surface area contributed by atoms with Gasteiger partial charge in [0.15, 0.2) is 0 Å². The highest BCUT2D eigenvalue weighted by molar-refractivity contribution is 6.26. The van der Waals surface area contributed by atoms with E-state index in [4.69, 9.17) is 29.9 Å². The zero-order valence-electron chi connectivity index (χ0n) is 38.5. The fraction of sp³-hybridized carbons (Fsp3) is 0. The van der Waals surface area contributed by atoms with Crippen LogP contribution in [-0.4, -0.2) is 44.9 Å². The lowest BCUT2D eigenvalue weighted by Crippen LogP contribution is -1.91. The van der Waals surface area contributed by atoms with Crippen LogP contribution in [0.15, 0.2) is 238 Å². The minimum Gasteiger partial charge on any atom is -0.256 e. The van der Waals surface area contributed by atoms with Gasteiger partial charge in [-0.15, -0.1) is 0 Å². The standard InChI is InChI=1S/C63H39N9/c1-4-28-64-55(7-1)43-16-25-61(70-34-43)46-13-22-58(67-37-46)40-10-19-49-52(31-40)50-20-11-41(59-23-14-47(38-68-59)62-26-17-44(35-71-62)56-8-2-5-29-65-56)33-54(50)51-21-12-42(32-53(49)51)60-24-15-48(39-69-60)63-27-18-45(36-72-63)57-9-3-6-30-66-57/h1-39H. The Morgan fingerprint density at radius 3 is 0.597 bits per heavy atom. The summed E-state index contributed by atoms with van der Waals surface area (Å²) in [4.78, 5) is 42.6. The zero-order chi connectivity index (χ0) is 47.8. The van der Waals surface area contributed by atoms with Gasteiger partial charge in [-0.3, -0.25) is 44.9 Å². The molecule has 0 N–H and O–H groups in total. The van der Waals surface area contributed by atoms with Gasteiger partial charge in [0.1, 0.15) is 0 Å². The molecule has 9 nitrogen and oxygen atoms in total. The molecule has 0 radical (unpaired) electrons. The van der Waals surface area contributed by atoms with Gasteiger partial charge in [-0.1, -0.05) is 54.6 Å². The minimum atomic E-state index is 0.850. The Bertz CT molecular complexity index is 3600. The van der Waals surface area contributed by atoms with Crippen molar-refractivity contribution < 1.29 is 0 Å². The second kappa shape index (κ2) is 18.2. The Morgan fingerprint density at radius 1 is 0.167 bits per heavy atom. The van der Waals surface area contributed by atoms with E-state index in [-0.39, 0.29) is 0 Å². The van der Waals surface area contributed by atoms with E-state index in [0.717, 1.165) is 134 Å². The van der Waals surface area contributed by atoms with Crippen LogP contribution in [-0.2, 0) is 0 Å². The number of pyridine rings is 9. The molecule has 0 atom stereocenters. The molecule has 9 aromatic heterocycles. The molecule has 13 aromatic rings. The summed E-state index contributed by atoms with van der Waals surface area (Å²) < 4.78 is 0. The fourth-order valence-electron chi connectivity index (χ4n) is 9.38. The van der Waals surface area contributed by atoms with Crippen molar-refractivity contribution in [1.29, 1.82) is 0 Å². The van der Waals surface area contributed by atoms with E-state index in [0.29, 0.717) is 0 Å². The van der Waals surface area contributed by atoms with E-state index >= 15 is 0 Å². The van der Waals surface area contributed by atoms with Gasteiger partial charge >= 0.3 is 0 Å². The molecule has 336 valence electrons. The quantitative estimate of drug-likeness (QED) is 0.130. The SMILES string of the molecule is c1ccc(-c2ccc(-c3ccc(-c4ccc5c(c4)c4ccc(-c6ccc(-c7ccc(-c8ccccn8)cn7)cn6)cc4c4ccc(-c6ccc(-c7ccc(-c8ccccn8)cn7)cn6)cc54)nc3)nc2)nc1. The van der Waals surface area contributed by atoms with Gasteiger partial charge in [-0.25, -0.2) is 0 Å². The van der Waals surface area contributed by atoms with Crippen molar-refractivity contribution in [3.8, 4) is 101 Å². The van der Waals surface area contributed by atoms with Crippen LogP contribution in [0.1, 0.15) is 0 Å². The van der Waals surface area contributed by atoms with Crippen LogP contribution in [0, 0.1) is 0 Å². The number of hydrogen-bond acceptors (Lipinski definition) is 9. The van der Waals surface area contributed by atoms with E-state index in [9.17, 15) is 0 Å². The van der Waals surface area contributed by atoms with Crippen LogP contribution in [0.5, 0.6) is 0 Å². The normalized spacial score (nSPS) is 11.3. The van der Waals surface area contributed by atoms with E-state index in [1.807, 2.05) is 128 Å². The maximum Gasteiger partial charge on any atom is 0.0717 e. The molecule has 72 heavy (non-hydrogen) atoms. The van der Waals surface area contributed by atoms with Crippen molar-refractivity contribution in [2.75, 3.05) is 0 Å². The molecule has 9 heteroatoms. The smallest absolute Gasteiger partial charge is 0.0717 e. The second-order valence-corrected chi connectivity index (χ2v) is 17.5. The van der Waals surface area contributed by atoms with Crippen molar-refractivity contribution in [2.24, 2.45) is 0 Å². The molecule has 0 spiro atoms. The maximum atomic E-state index is 4.97. The van der Waals surface area contributed by atoms with Gasteiger partial charge < -0.3 is 0 Å². The lowest BCUT2D eigenvalue weighted by molar-refractivity contribution is 1.26. The second-order valence-electron chi connectivity index (χ2n) is 17.5. The number of hydrogen-bond donors (Lipinski definition) is 0. The van der Waals surface area contributed by atoms with Gasteiger partial charge in [0.05, 0.1) is 51.2 Å². The van der Waals surface area contributed by atoms with Crippen LogP contribution >= 0.6 is 0 Å². The summed E-state index contributed by atoms with van der Waals surface area (Å²) in [5.41, 5.74) is 16.6. The molecule has 9 heterocycles. The van der Waals surface area contributed by atoms with Crippen LogP contribution < -0.4 is 0 Å². The van der Waals surface area contributed by atoms with E-state index in [1.54, 1.807) is 18.6 Å². The Balaban J connectivity index is 0.861. The first kappa shape index (κ1) is 42.1. The highest BCUT2D eigenvalue weighted by atomic mass is 14.8. The molecular formula is C63H39N9. The fourth-order valence-corrected chi connectivity index (χ4v) is 9.38. The number of benzene rings is 4. The Morgan fingerprint density at radius 2 is 0.389 bits per heavy atom. The average molecular weight is 922 g/mol. The van der Waals surface area contributed by atoms with Crippen molar-refractivity contribution in [3.63, 3.8) is 0 Å². The minimum absolute atomic E-state index is 0.850. The van der Waals surface area contributed by atoms with Gasteiger partial charge in [-0.2, -0.15) is 0 Å². The summed E-state index contributed by atoms with van der Waals surface area (Å²) in [5, 5.41) is 6.81. The Hall–Kier alpha value is -9.99. The average Bonchev–Trinajstić information content (AvgIpc) is 3.48. The van der Waals surface area contributed by atoms with E-state index in [1.165, 1.54) is 0 Å². The summed E-state index contributed by atoms with van der Waals surface area (Å²) in [5.74, 6) is 0. The monoisotopic (exact) mass is 921 g/mol. The molecule has 0 amide bonds. The summed E-state index contributed by atoms with van der Waals surface area (Å²) in [6, 6.07) is 62.3. The first-order valence-electron chi connectivity index (χ1n) is 23.6. The summed E-state index contributed by atoms with van der Waals surface area (Å²) in [6.45, 7) is 0. The lowest BCUT2D eigenvalue weighted by Gasteiger charge is -2.15. The summed E-state index contributed by atoms with van der Waals surface area (Å²) in [6.07, 6.45) is 16.7. The van der Waals surface area contributed by atoms with Gasteiger partial charge in [0, 0.05) is 106 Å². The van der Waals surface area contributed by atoms with Crippen LogP contribution in [0.3, 0.4) is 0 Å². The third-order valence-corrected chi connectivity index (χ3v) is 13.2. The number of aromatic nitrogens is 9. The lowest BCUT2D eigenvalue weighted by atomic mass is 9.90. The maximum absolute atomic E-state index is 4.97. The number of fused-ring (bicyclic) bond motifs is 6. The predicted molar refractivity (Wildman–Crippen MR) is 288 cm³/mol. The molecule has 0 aliphatic rings. The summed E-state index contributed by atoms with van der Waals surface area (Å²) >= 11 is 0. The first-order valence-corrected chi connectivity index (χ1v) is 23.6. The first-order chi connectivity index (χ1) is 35.6. The van der Waals surface area contributed by atoms with E-state index in [2.05, 4.69) is 106 Å². The molecule has 0 aliphatic carbocycles. The molecule has 0 unspecified atom stereocenters. The molecule has 0 aliphatic heterocycles. The van der Waals surface area contributed by atoms with Crippen LogP contribution in [0.2, 0.25) is 0 Å². The van der Waals surface area contributed by atoms with Gasteiger partial charge in [0.2, 0.25) is 0 Å². The Labute approximate surface area is 414 Å². The summed E-state index contributed by atoms with van der Waals surface area (Å²) in [7, 11) is 0. The molecule has 13 rings (SSSR count). The molecule has 4 aromatic carbocycles. The van der Waals surface area contributed by atoms with Gasteiger partial charge in [-0.05, 0) is 160 Å².